The van der Waals surface area contributed by atoms with Gasteiger partial charge < -0.3 is 10.2 Å². The van der Waals surface area contributed by atoms with Crippen LogP contribution in [0.15, 0.2) is 83.7 Å². The third-order valence-electron chi connectivity index (χ3n) is 4.91. The summed E-state index contributed by atoms with van der Waals surface area (Å²) in [6, 6.07) is 24.4. The number of carbonyl (C=O) groups is 1. The van der Waals surface area contributed by atoms with Gasteiger partial charge in [-0.1, -0.05) is 35.5 Å². The van der Waals surface area contributed by atoms with Crippen LogP contribution in [-0.2, 0) is 11.3 Å². The molecule has 156 valence electrons. The highest BCUT2D eigenvalue weighted by atomic mass is 16.2. The van der Waals surface area contributed by atoms with Crippen molar-refractivity contribution in [3.63, 3.8) is 0 Å². The Bertz CT molecular complexity index is 1250. The molecule has 7 nitrogen and oxygen atoms in total. The molecule has 0 atom stereocenters. The summed E-state index contributed by atoms with van der Waals surface area (Å²) >= 11 is 0. The van der Waals surface area contributed by atoms with Crippen molar-refractivity contribution in [3.05, 3.63) is 89.2 Å². The largest absolute Gasteiger partial charge is 0.356 e. The summed E-state index contributed by atoms with van der Waals surface area (Å²) < 4.78 is 1.12. The summed E-state index contributed by atoms with van der Waals surface area (Å²) in [4.78, 5) is 27.5. The van der Waals surface area contributed by atoms with Gasteiger partial charge in [0.05, 0.1) is 5.39 Å². The topological polar surface area (TPSA) is 80.1 Å². The van der Waals surface area contributed by atoms with Crippen molar-refractivity contribution in [1.29, 1.82) is 0 Å². The van der Waals surface area contributed by atoms with E-state index in [1.54, 1.807) is 29.2 Å². The van der Waals surface area contributed by atoms with Crippen molar-refractivity contribution in [1.82, 2.24) is 15.0 Å². The van der Waals surface area contributed by atoms with Gasteiger partial charge >= 0.3 is 0 Å². The Morgan fingerprint density at radius 3 is 2.29 bits per heavy atom. The molecule has 0 saturated heterocycles. The van der Waals surface area contributed by atoms with Gasteiger partial charge in [-0.15, -0.1) is 5.10 Å². The van der Waals surface area contributed by atoms with Crippen molar-refractivity contribution >= 4 is 33.9 Å². The van der Waals surface area contributed by atoms with Crippen LogP contribution in [0.3, 0.4) is 0 Å². The Hall–Kier alpha value is -4.00. The molecular formula is C24H23N5O2. The molecule has 0 spiro atoms. The van der Waals surface area contributed by atoms with Crippen molar-refractivity contribution in [3.8, 4) is 0 Å². The number of nitrogens with zero attached hydrogens (tertiary/aromatic N) is 4. The fraction of sp³-hybridized carbons (Fsp3) is 0.167. The van der Waals surface area contributed by atoms with Crippen LogP contribution in [0.25, 0.3) is 10.9 Å². The molecule has 1 aromatic heterocycles. The fourth-order valence-electron chi connectivity index (χ4n) is 3.45. The van der Waals surface area contributed by atoms with E-state index in [1.165, 1.54) is 0 Å². The summed E-state index contributed by atoms with van der Waals surface area (Å²) in [5.41, 5.74) is 2.84. The molecule has 0 saturated carbocycles. The number of rotatable bonds is 6. The standard InChI is InChI=1S/C24H23N5O2/c1-17(2)29(20-14-12-19(13-15-20)25-18-8-4-3-5-9-18)23(30)16-28-24(31)21-10-6-7-11-22(21)26-27-28/h3-15,17,25H,16H2,1-2H3. The van der Waals surface area contributed by atoms with Crippen LogP contribution in [0.5, 0.6) is 0 Å². The molecule has 1 amide bonds. The molecule has 4 rings (SSSR count). The van der Waals surface area contributed by atoms with Crippen LogP contribution in [0, 0.1) is 0 Å². The maximum absolute atomic E-state index is 13.1. The number of amides is 1. The number of hydrogen-bond acceptors (Lipinski definition) is 5. The van der Waals surface area contributed by atoms with Gasteiger partial charge in [0, 0.05) is 23.1 Å². The molecule has 0 aliphatic carbocycles. The predicted octanol–water partition coefficient (Wildman–Crippen LogP) is 3.98. The number of hydrogen-bond donors (Lipinski definition) is 1. The summed E-state index contributed by atoms with van der Waals surface area (Å²) in [5.74, 6) is -0.231. The smallest absolute Gasteiger partial charge is 0.278 e. The lowest BCUT2D eigenvalue weighted by Gasteiger charge is -2.27. The second-order valence-electron chi connectivity index (χ2n) is 7.46. The zero-order valence-corrected chi connectivity index (χ0v) is 17.4. The molecular weight excluding hydrogens is 390 g/mol. The highest BCUT2D eigenvalue weighted by Gasteiger charge is 2.21. The minimum Gasteiger partial charge on any atom is -0.356 e. The van der Waals surface area contributed by atoms with Crippen LogP contribution in [0.2, 0.25) is 0 Å². The second-order valence-corrected chi connectivity index (χ2v) is 7.46. The number of fused-ring (bicyclic) bond motifs is 1. The third-order valence-corrected chi connectivity index (χ3v) is 4.91. The number of benzene rings is 3. The zero-order valence-electron chi connectivity index (χ0n) is 17.4. The number of carbonyl (C=O) groups excluding carboxylic acids is 1. The number of aromatic nitrogens is 3. The molecule has 0 aliphatic rings. The molecule has 7 heteroatoms. The van der Waals surface area contributed by atoms with Crippen LogP contribution >= 0.6 is 0 Å². The number of anilines is 3. The number of nitrogens with one attached hydrogen (secondary N) is 1. The lowest BCUT2D eigenvalue weighted by Crippen LogP contribution is -2.41. The average Bonchev–Trinajstić information content (AvgIpc) is 2.78. The molecule has 0 radical (unpaired) electrons. The Morgan fingerprint density at radius 1 is 0.935 bits per heavy atom. The summed E-state index contributed by atoms with van der Waals surface area (Å²) in [6.45, 7) is 3.69. The molecule has 4 aromatic rings. The normalized spacial score (nSPS) is 10.9. The fourth-order valence-corrected chi connectivity index (χ4v) is 3.45. The van der Waals surface area contributed by atoms with Crippen molar-refractivity contribution in [2.75, 3.05) is 10.2 Å². The highest BCUT2D eigenvalue weighted by molar-refractivity contribution is 5.94. The Morgan fingerprint density at radius 2 is 1.58 bits per heavy atom. The van der Waals surface area contributed by atoms with E-state index in [2.05, 4.69) is 15.6 Å². The highest BCUT2D eigenvalue weighted by Crippen LogP contribution is 2.23. The monoisotopic (exact) mass is 413 g/mol. The maximum Gasteiger partial charge on any atom is 0.278 e. The zero-order chi connectivity index (χ0) is 21.8. The minimum atomic E-state index is -0.329. The van der Waals surface area contributed by atoms with Crippen molar-refractivity contribution in [2.24, 2.45) is 0 Å². The van der Waals surface area contributed by atoms with E-state index >= 15 is 0 Å². The Labute approximate surface area is 179 Å². The van der Waals surface area contributed by atoms with E-state index in [0.717, 1.165) is 21.7 Å². The van der Waals surface area contributed by atoms with Crippen molar-refractivity contribution in [2.45, 2.75) is 26.4 Å². The van der Waals surface area contributed by atoms with E-state index in [0.29, 0.717) is 10.9 Å². The molecule has 0 fully saturated rings. The lowest BCUT2D eigenvalue weighted by molar-refractivity contribution is -0.119. The van der Waals surface area contributed by atoms with E-state index < -0.39 is 0 Å². The van der Waals surface area contributed by atoms with Gasteiger partial charge in [-0.25, -0.2) is 4.68 Å². The van der Waals surface area contributed by atoms with Gasteiger partial charge in [0.1, 0.15) is 12.1 Å². The van der Waals surface area contributed by atoms with Gasteiger partial charge in [-0.3, -0.25) is 9.59 Å². The van der Waals surface area contributed by atoms with Gasteiger partial charge in [-0.2, -0.15) is 0 Å². The number of para-hydroxylation sites is 1. The van der Waals surface area contributed by atoms with Crippen LogP contribution in [0.1, 0.15) is 13.8 Å². The van der Waals surface area contributed by atoms with Crippen molar-refractivity contribution < 1.29 is 4.79 Å². The lowest BCUT2D eigenvalue weighted by atomic mass is 10.2. The molecule has 31 heavy (non-hydrogen) atoms. The maximum atomic E-state index is 13.1. The SMILES string of the molecule is CC(C)N(C(=O)Cn1nnc2ccccc2c1=O)c1ccc(Nc2ccccc2)cc1. The molecule has 3 aromatic carbocycles. The van der Waals surface area contributed by atoms with Crippen LogP contribution in [-0.4, -0.2) is 26.9 Å². The predicted molar refractivity (Wildman–Crippen MR) is 123 cm³/mol. The molecule has 0 unspecified atom stereocenters. The first kappa shape index (κ1) is 20.3. The van der Waals surface area contributed by atoms with Gasteiger partial charge in [0.25, 0.3) is 5.56 Å². The quantitative estimate of drug-likeness (QED) is 0.517. The summed E-state index contributed by atoms with van der Waals surface area (Å²) in [5, 5.41) is 11.8. The first-order chi connectivity index (χ1) is 15.0. The van der Waals surface area contributed by atoms with Gasteiger partial charge in [0.15, 0.2) is 0 Å². The average molecular weight is 413 g/mol. The second kappa shape index (κ2) is 8.79. The molecule has 0 bridgehead atoms. The van der Waals surface area contributed by atoms with Crippen LogP contribution < -0.4 is 15.8 Å². The van der Waals surface area contributed by atoms with E-state index in [9.17, 15) is 9.59 Å². The van der Waals surface area contributed by atoms with Crippen LogP contribution in [0.4, 0.5) is 17.1 Å². The summed E-state index contributed by atoms with van der Waals surface area (Å²) in [6.07, 6.45) is 0. The molecule has 0 aliphatic heterocycles. The first-order valence-corrected chi connectivity index (χ1v) is 10.1. The molecule has 1 heterocycles. The summed E-state index contributed by atoms with van der Waals surface area (Å²) in [7, 11) is 0. The van der Waals surface area contributed by atoms with E-state index in [-0.39, 0.29) is 24.1 Å². The Kier molecular flexibility index (Phi) is 5.75. The van der Waals surface area contributed by atoms with Gasteiger partial charge in [-0.05, 0) is 62.4 Å². The first-order valence-electron chi connectivity index (χ1n) is 10.1. The Balaban J connectivity index is 1.55. The van der Waals surface area contributed by atoms with E-state index in [4.69, 9.17) is 0 Å². The minimum absolute atomic E-state index is 0.0930. The molecule has 1 N–H and O–H groups in total. The van der Waals surface area contributed by atoms with E-state index in [1.807, 2.05) is 68.4 Å². The van der Waals surface area contributed by atoms with Gasteiger partial charge in [0.2, 0.25) is 5.91 Å². The third kappa shape index (κ3) is 4.45.